The van der Waals surface area contributed by atoms with Gasteiger partial charge in [0.2, 0.25) is 5.91 Å². The van der Waals surface area contributed by atoms with E-state index in [1.165, 1.54) is 0 Å². The number of aliphatic hydroxyl groups excluding tert-OH is 1. The summed E-state index contributed by atoms with van der Waals surface area (Å²) in [5, 5.41) is 14.9. The van der Waals surface area contributed by atoms with Gasteiger partial charge in [0.25, 0.3) is 0 Å². The summed E-state index contributed by atoms with van der Waals surface area (Å²) in [6.45, 7) is 2.20. The number of benzene rings is 1. The highest BCUT2D eigenvalue weighted by atomic mass is 79.9. The molecule has 1 aliphatic heterocycles. The number of carbonyl (C=O) groups is 1. The maximum atomic E-state index is 11.8. The van der Waals surface area contributed by atoms with Gasteiger partial charge >= 0.3 is 0 Å². The van der Waals surface area contributed by atoms with Crippen LogP contribution in [0.5, 0.6) is 0 Å². The first-order valence-corrected chi connectivity index (χ1v) is 7.90. The first-order chi connectivity index (χ1) is 9.06. The monoisotopic (exact) mass is 344 g/mol. The zero-order valence-corrected chi connectivity index (χ0v) is 13.3. The molecule has 2 atom stereocenters. The summed E-state index contributed by atoms with van der Waals surface area (Å²) in [7, 11) is 1.78. The largest absolute Gasteiger partial charge is 0.396 e. The maximum absolute atomic E-state index is 11.8. The third-order valence-corrected chi connectivity index (χ3v) is 5.36. The lowest BCUT2D eigenvalue weighted by atomic mass is 10.1. The summed E-state index contributed by atoms with van der Waals surface area (Å²) in [6.07, 6.45) is 0. The number of anilines is 1. The van der Waals surface area contributed by atoms with Crippen LogP contribution < -0.4 is 10.6 Å². The SMILES string of the molecule is CNC1C(=O)Nc2cc(SCC(C)CO)c(Br)cc21. The first kappa shape index (κ1) is 14.8. The third kappa shape index (κ3) is 3.13. The fraction of sp³-hybridized carbons (Fsp3) is 0.462. The van der Waals surface area contributed by atoms with Gasteiger partial charge in [0.15, 0.2) is 0 Å². The molecule has 0 spiro atoms. The minimum Gasteiger partial charge on any atom is -0.396 e. The zero-order chi connectivity index (χ0) is 14.0. The molecule has 1 aromatic carbocycles. The lowest BCUT2D eigenvalue weighted by Gasteiger charge is -2.11. The number of amides is 1. The fourth-order valence-corrected chi connectivity index (χ4v) is 3.62. The Morgan fingerprint density at radius 2 is 2.32 bits per heavy atom. The lowest BCUT2D eigenvalue weighted by molar-refractivity contribution is -0.117. The minimum absolute atomic E-state index is 0.0183. The van der Waals surface area contributed by atoms with Gasteiger partial charge in [0.05, 0.1) is 0 Å². The highest BCUT2D eigenvalue weighted by molar-refractivity contribution is 9.10. The van der Waals surface area contributed by atoms with Crippen LogP contribution in [0.25, 0.3) is 0 Å². The summed E-state index contributed by atoms with van der Waals surface area (Å²) in [4.78, 5) is 12.8. The molecule has 6 heteroatoms. The van der Waals surface area contributed by atoms with Gasteiger partial charge in [-0.3, -0.25) is 4.79 Å². The Morgan fingerprint density at radius 3 is 2.95 bits per heavy atom. The van der Waals surface area contributed by atoms with Crippen molar-refractivity contribution >= 4 is 39.3 Å². The average Bonchev–Trinajstić information content (AvgIpc) is 2.70. The molecule has 1 aliphatic rings. The Balaban J connectivity index is 2.21. The molecular formula is C13H17BrN2O2S. The third-order valence-electron chi connectivity index (χ3n) is 3.06. The van der Waals surface area contributed by atoms with Crippen molar-refractivity contribution in [2.45, 2.75) is 17.9 Å². The number of fused-ring (bicyclic) bond motifs is 1. The number of likely N-dealkylation sites (N-methyl/N-ethyl adjacent to an activating group) is 1. The second-order valence-electron chi connectivity index (χ2n) is 4.68. The Kier molecular flexibility index (Phi) is 4.89. The van der Waals surface area contributed by atoms with E-state index in [1.807, 2.05) is 19.1 Å². The van der Waals surface area contributed by atoms with Crippen LogP contribution >= 0.6 is 27.7 Å². The molecule has 2 unspecified atom stereocenters. The van der Waals surface area contributed by atoms with Crippen LogP contribution in [-0.4, -0.2) is 30.4 Å². The first-order valence-electron chi connectivity index (χ1n) is 6.12. The molecule has 104 valence electrons. The number of thioether (sulfide) groups is 1. The molecule has 1 amide bonds. The van der Waals surface area contributed by atoms with Gasteiger partial charge in [0, 0.05) is 33.0 Å². The van der Waals surface area contributed by atoms with Gasteiger partial charge in [-0.2, -0.15) is 0 Å². The second kappa shape index (κ2) is 6.26. The quantitative estimate of drug-likeness (QED) is 0.717. The van der Waals surface area contributed by atoms with Crippen molar-refractivity contribution in [3.63, 3.8) is 0 Å². The van der Waals surface area contributed by atoms with E-state index in [0.717, 1.165) is 26.4 Å². The van der Waals surface area contributed by atoms with E-state index in [4.69, 9.17) is 5.11 Å². The number of aliphatic hydroxyl groups is 1. The number of nitrogens with one attached hydrogen (secondary N) is 2. The van der Waals surface area contributed by atoms with E-state index < -0.39 is 0 Å². The average molecular weight is 345 g/mol. The summed E-state index contributed by atoms with van der Waals surface area (Å²) < 4.78 is 0.984. The number of halogens is 1. The van der Waals surface area contributed by atoms with E-state index in [1.54, 1.807) is 18.8 Å². The molecule has 0 aromatic heterocycles. The van der Waals surface area contributed by atoms with E-state index in [9.17, 15) is 4.79 Å². The zero-order valence-electron chi connectivity index (χ0n) is 10.9. The van der Waals surface area contributed by atoms with Crippen molar-refractivity contribution in [3.8, 4) is 0 Å². The van der Waals surface area contributed by atoms with Gasteiger partial charge in [-0.05, 0) is 41.0 Å². The van der Waals surface area contributed by atoms with Crippen LogP contribution in [0, 0.1) is 5.92 Å². The predicted octanol–water partition coefficient (Wildman–Crippen LogP) is 2.38. The molecule has 19 heavy (non-hydrogen) atoms. The Bertz CT molecular complexity index is 496. The standard InChI is InChI=1S/C13H17BrN2O2S/c1-7(5-17)6-19-11-4-10-8(3-9(11)14)12(15-2)13(18)16-10/h3-4,7,12,15,17H,5-6H2,1-2H3,(H,16,18). The number of carbonyl (C=O) groups excluding carboxylic acids is 1. The Labute approximate surface area is 125 Å². The molecule has 4 nitrogen and oxygen atoms in total. The van der Waals surface area contributed by atoms with E-state index in [2.05, 4.69) is 26.6 Å². The number of hydrogen-bond acceptors (Lipinski definition) is 4. The van der Waals surface area contributed by atoms with Crippen LogP contribution in [0.3, 0.4) is 0 Å². The van der Waals surface area contributed by atoms with Crippen LogP contribution in [-0.2, 0) is 4.79 Å². The summed E-state index contributed by atoms with van der Waals surface area (Å²) in [5.41, 5.74) is 1.84. The van der Waals surface area contributed by atoms with Gasteiger partial charge < -0.3 is 15.7 Å². The highest BCUT2D eigenvalue weighted by Crippen LogP contribution is 2.39. The molecule has 0 radical (unpaired) electrons. The van der Waals surface area contributed by atoms with Crippen LogP contribution in [0.1, 0.15) is 18.5 Å². The van der Waals surface area contributed by atoms with E-state index in [-0.39, 0.29) is 24.5 Å². The van der Waals surface area contributed by atoms with Crippen molar-refractivity contribution in [1.82, 2.24) is 5.32 Å². The molecule has 0 aliphatic carbocycles. The van der Waals surface area contributed by atoms with E-state index >= 15 is 0 Å². The van der Waals surface area contributed by atoms with Crippen molar-refractivity contribution < 1.29 is 9.90 Å². The summed E-state index contributed by atoms with van der Waals surface area (Å²) in [5.74, 6) is 1.08. The lowest BCUT2D eigenvalue weighted by Crippen LogP contribution is -2.23. The van der Waals surface area contributed by atoms with Gasteiger partial charge in [0.1, 0.15) is 6.04 Å². The number of rotatable bonds is 5. The molecular weight excluding hydrogens is 328 g/mol. The van der Waals surface area contributed by atoms with Crippen molar-refractivity contribution in [2.24, 2.45) is 5.92 Å². The molecule has 2 rings (SSSR count). The summed E-state index contributed by atoms with van der Waals surface area (Å²) >= 11 is 5.23. The van der Waals surface area contributed by atoms with E-state index in [0.29, 0.717) is 0 Å². The molecule has 1 heterocycles. The maximum Gasteiger partial charge on any atom is 0.246 e. The Morgan fingerprint density at radius 1 is 1.58 bits per heavy atom. The molecule has 0 bridgehead atoms. The number of hydrogen-bond donors (Lipinski definition) is 3. The molecule has 3 N–H and O–H groups in total. The predicted molar refractivity (Wildman–Crippen MR) is 81.5 cm³/mol. The van der Waals surface area contributed by atoms with Crippen LogP contribution in [0.4, 0.5) is 5.69 Å². The highest BCUT2D eigenvalue weighted by Gasteiger charge is 2.30. The van der Waals surface area contributed by atoms with Crippen molar-refractivity contribution in [2.75, 3.05) is 24.7 Å². The van der Waals surface area contributed by atoms with Gasteiger partial charge in [-0.1, -0.05) is 6.92 Å². The molecule has 0 saturated heterocycles. The molecule has 0 saturated carbocycles. The molecule has 1 aromatic rings. The van der Waals surface area contributed by atoms with Crippen LogP contribution in [0.15, 0.2) is 21.5 Å². The Hall–Kier alpha value is -0.560. The fourth-order valence-electron chi connectivity index (χ4n) is 1.94. The van der Waals surface area contributed by atoms with Gasteiger partial charge in [-0.25, -0.2) is 0 Å². The normalized spacial score (nSPS) is 19.2. The second-order valence-corrected chi connectivity index (χ2v) is 6.60. The molecule has 0 fully saturated rings. The van der Waals surface area contributed by atoms with Crippen molar-refractivity contribution in [1.29, 1.82) is 0 Å². The van der Waals surface area contributed by atoms with Crippen LogP contribution in [0.2, 0.25) is 0 Å². The minimum atomic E-state index is -0.276. The topological polar surface area (TPSA) is 61.4 Å². The van der Waals surface area contributed by atoms with Gasteiger partial charge in [-0.15, -0.1) is 11.8 Å². The summed E-state index contributed by atoms with van der Waals surface area (Å²) in [6, 6.07) is 3.70. The van der Waals surface area contributed by atoms with Crippen molar-refractivity contribution in [3.05, 3.63) is 22.2 Å². The smallest absolute Gasteiger partial charge is 0.246 e.